The van der Waals surface area contributed by atoms with Crippen molar-refractivity contribution < 1.29 is 19.1 Å². The van der Waals surface area contributed by atoms with Gasteiger partial charge in [-0.05, 0) is 29.9 Å². The molecule has 0 bridgehead atoms. The van der Waals surface area contributed by atoms with Gasteiger partial charge in [-0.2, -0.15) is 24.4 Å². The summed E-state index contributed by atoms with van der Waals surface area (Å²) in [6, 6.07) is 7.09. The average Bonchev–Trinajstić information content (AvgIpc) is 2.85. The largest absolute Gasteiger partial charge is 0.467 e. The number of carbonyl (C=O) groups excluding carboxylic acids is 3. The lowest BCUT2D eigenvalue weighted by molar-refractivity contribution is -0.145. The van der Waals surface area contributed by atoms with Crippen molar-refractivity contribution in [2.75, 3.05) is 31.4 Å². The highest BCUT2D eigenvalue weighted by Gasteiger charge is 2.31. The zero-order valence-corrected chi connectivity index (χ0v) is 22.3. The number of thioether (sulfide) groups is 1. The van der Waals surface area contributed by atoms with Gasteiger partial charge in [0.15, 0.2) is 0 Å². The molecule has 0 fully saturated rings. The first-order valence-corrected chi connectivity index (χ1v) is 13.6. The van der Waals surface area contributed by atoms with Gasteiger partial charge in [-0.15, -0.1) is 0 Å². The predicted molar refractivity (Wildman–Crippen MR) is 142 cm³/mol. The van der Waals surface area contributed by atoms with E-state index >= 15 is 0 Å². The lowest BCUT2D eigenvalue weighted by Gasteiger charge is -2.28. The van der Waals surface area contributed by atoms with Crippen LogP contribution in [0.1, 0.15) is 32.3 Å². The quantitative estimate of drug-likeness (QED) is 0.168. The number of thiol groups is 1. The second kappa shape index (κ2) is 16.8. The molecule has 0 saturated heterocycles. The van der Waals surface area contributed by atoms with Gasteiger partial charge in [0.1, 0.15) is 12.1 Å². The van der Waals surface area contributed by atoms with Crippen LogP contribution < -0.4 is 21.7 Å². The fourth-order valence-electron chi connectivity index (χ4n) is 3.35. The fraction of sp³-hybridized carbons (Fsp3) is 0.625. The highest BCUT2D eigenvalue weighted by Crippen LogP contribution is 2.11. The van der Waals surface area contributed by atoms with E-state index in [2.05, 4.69) is 28.6 Å². The Hall–Kier alpha value is -1.75. The highest BCUT2D eigenvalue weighted by molar-refractivity contribution is 7.98. The number of methoxy groups -OCH3 is 1. The maximum Gasteiger partial charge on any atom is 0.328 e. The van der Waals surface area contributed by atoms with Gasteiger partial charge < -0.3 is 26.4 Å². The second-order valence-electron chi connectivity index (χ2n) is 8.33. The van der Waals surface area contributed by atoms with Crippen molar-refractivity contribution in [2.45, 2.75) is 57.3 Å². The molecule has 0 heterocycles. The molecule has 0 radical (unpaired) electrons. The van der Waals surface area contributed by atoms with Crippen LogP contribution in [0.3, 0.4) is 0 Å². The molecule has 1 rings (SSSR count). The molecule has 0 aliphatic heterocycles. The molecule has 0 aromatic heterocycles. The number of esters is 1. The lowest BCUT2D eigenvalue weighted by atomic mass is 9.97. The monoisotopic (exact) mass is 512 g/mol. The minimum atomic E-state index is -0.858. The van der Waals surface area contributed by atoms with E-state index in [0.717, 1.165) is 12.0 Å². The summed E-state index contributed by atoms with van der Waals surface area (Å²) in [5, 5.41) is 8.92. The van der Waals surface area contributed by atoms with E-state index in [0.29, 0.717) is 24.5 Å². The number of ether oxygens (including phenoxy) is 1. The summed E-state index contributed by atoms with van der Waals surface area (Å²) in [6.45, 7) is 4.41. The van der Waals surface area contributed by atoms with Crippen LogP contribution in [0.25, 0.3) is 0 Å². The first-order valence-electron chi connectivity index (χ1n) is 11.6. The van der Waals surface area contributed by atoms with E-state index in [1.165, 1.54) is 7.11 Å². The molecule has 8 nitrogen and oxygen atoms in total. The fourth-order valence-corrected chi connectivity index (χ4v) is 3.95. The van der Waals surface area contributed by atoms with E-state index in [1.807, 2.05) is 50.4 Å². The van der Waals surface area contributed by atoms with Gasteiger partial charge in [0.2, 0.25) is 11.8 Å². The first-order chi connectivity index (χ1) is 16.3. The Bertz CT molecular complexity index is 754. The Morgan fingerprint density at radius 3 is 2.32 bits per heavy atom. The van der Waals surface area contributed by atoms with Crippen LogP contribution >= 0.6 is 24.4 Å². The Kier molecular flexibility index (Phi) is 15.0. The summed E-state index contributed by atoms with van der Waals surface area (Å²) in [4.78, 5) is 38.8. The third kappa shape index (κ3) is 10.7. The van der Waals surface area contributed by atoms with Crippen molar-refractivity contribution in [2.24, 2.45) is 11.7 Å². The van der Waals surface area contributed by atoms with E-state index < -0.39 is 30.0 Å². The Morgan fingerprint density at radius 1 is 1.12 bits per heavy atom. The number of nitrogens with two attached hydrogens (primary N) is 1. The summed E-state index contributed by atoms with van der Waals surface area (Å²) in [7, 11) is 1.29. The lowest BCUT2D eigenvalue weighted by Crippen LogP contribution is -2.58. The second-order valence-corrected chi connectivity index (χ2v) is 9.68. The molecule has 34 heavy (non-hydrogen) atoms. The molecule has 2 amide bonds. The standard InChI is InChI=1S/C24H40N4O4S2/c1-5-16(2)21(26-14-18(25)15-33)23(30)28-20(13-17-9-7-6-8-10-17)22(29)27-19(11-12-34-4)24(31)32-3/h6-10,16,18-21,26,33H,5,11-15,25H2,1-4H3,(H,27,29)(H,28,30)/t16?,18-,19+,20+,21+/m1/s1. The zero-order chi connectivity index (χ0) is 25.5. The van der Waals surface area contributed by atoms with Crippen LogP contribution in [-0.4, -0.2) is 73.4 Å². The average molecular weight is 513 g/mol. The van der Waals surface area contributed by atoms with E-state index in [1.54, 1.807) is 11.8 Å². The van der Waals surface area contributed by atoms with Crippen LogP contribution in [-0.2, 0) is 25.5 Å². The van der Waals surface area contributed by atoms with Gasteiger partial charge >= 0.3 is 5.97 Å². The smallest absolute Gasteiger partial charge is 0.328 e. The van der Waals surface area contributed by atoms with Crippen LogP contribution in [0.4, 0.5) is 0 Å². The maximum atomic E-state index is 13.3. The normalized spacial score (nSPS) is 15.5. The van der Waals surface area contributed by atoms with Crippen molar-refractivity contribution >= 4 is 42.2 Å². The molecule has 5 atom stereocenters. The van der Waals surface area contributed by atoms with Crippen molar-refractivity contribution in [3.63, 3.8) is 0 Å². The summed E-state index contributed by atoms with van der Waals surface area (Å²) in [5.74, 6) is -0.0178. The van der Waals surface area contributed by atoms with E-state index in [9.17, 15) is 14.4 Å². The highest BCUT2D eigenvalue weighted by atomic mass is 32.2. The first kappa shape index (κ1) is 30.3. The zero-order valence-electron chi connectivity index (χ0n) is 20.6. The SMILES string of the molecule is CCC(C)[C@H](NC[C@@H](N)CS)C(=O)N[C@@H](Cc1ccccc1)C(=O)N[C@@H](CCSC)C(=O)OC. The van der Waals surface area contributed by atoms with Crippen LogP contribution in [0, 0.1) is 5.92 Å². The number of amides is 2. The molecule has 0 spiro atoms. The van der Waals surface area contributed by atoms with Gasteiger partial charge in [0, 0.05) is 24.8 Å². The Morgan fingerprint density at radius 2 is 1.76 bits per heavy atom. The van der Waals surface area contributed by atoms with E-state index in [4.69, 9.17) is 10.5 Å². The third-order valence-electron chi connectivity index (χ3n) is 5.66. The molecular formula is C24H40N4O4S2. The molecule has 0 aliphatic rings. The van der Waals surface area contributed by atoms with Crippen LogP contribution in [0.5, 0.6) is 0 Å². The van der Waals surface area contributed by atoms with Crippen molar-refractivity contribution in [1.82, 2.24) is 16.0 Å². The molecule has 1 unspecified atom stereocenters. The number of benzene rings is 1. The molecular weight excluding hydrogens is 472 g/mol. The van der Waals surface area contributed by atoms with Crippen molar-refractivity contribution in [3.8, 4) is 0 Å². The minimum absolute atomic E-state index is 0.0250. The number of carbonyl (C=O) groups is 3. The van der Waals surface area contributed by atoms with Gasteiger partial charge in [-0.1, -0.05) is 50.6 Å². The number of nitrogens with one attached hydrogen (secondary N) is 3. The molecule has 0 aliphatic carbocycles. The Labute approximate surface area is 213 Å². The van der Waals surface area contributed by atoms with Gasteiger partial charge in [0.05, 0.1) is 13.2 Å². The molecule has 5 N–H and O–H groups in total. The van der Waals surface area contributed by atoms with Gasteiger partial charge in [-0.25, -0.2) is 4.79 Å². The molecule has 192 valence electrons. The molecule has 1 aromatic carbocycles. The topological polar surface area (TPSA) is 123 Å². The summed E-state index contributed by atoms with van der Waals surface area (Å²) < 4.78 is 4.86. The Balaban J connectivity index is 3.07. The van der Waals surface area contributed by atoms with Crippen LogP contribution in [0.2, 0.25) is 0 Å². The minimum Gasteiger partial charge on any atom is -0.467 e. The molecule has 0 saturated carbocycles. The van der Waals surface area contributed by atoms with Crippen molar-refractivity contribution in [3.05, 3.63) is 35.9 Å². The van der Waals surface area contributed by atoms with Gasteiger partial charge in [-0.3, -0.25) is 9.59 Å². The van der Waals surface area contributed by atoms with Crippen LogP contribution in [0.15, 0.2) is 30.3 Å². The van der Waals surface area contributed by atoms with Crippen molar-refractivity contribution in [1.29, 1.82) is 0 Å². The number of rotatable bonds is 16. The summed E-state index contributed by atoms with van der Waals surface area (Å²) in [5.41, 5.74) is 6.87. The van der Waals surface area contributed by atoms with Gasteiger partial charge in [0.25, 0.3) is 0 Å². The summed E-state index contributed by atoms with van der Waals surface area (Å²) in [6.07, 6.45) is 3.43. The van der Waals surface area contributed by atoms with E-state index in [-0.39, 0.29) is 24.3 Å². The summed E-state index contributed by atoms with van der Waals surface area (Å²) >= 11 is 5.78. The third-order valence-corrected chi connectivity index (χ3v) is 6.77. The molecule has 1 aromatic rings. The number of hydrogen-bond donors (Lipinski definition) is 5. The predicted octanol–water partition coefficient (Wildman–Crippen LogP) is 1.39. The number of hydrogen-bond acceptors (Lipinski definition) is 8. The molecule has 10 heteroatoms. The maximum absolute atomic E-state index is 13.3.